The fraction of sp³-hybridized carbons (Fsp3) is 0.500. The lowest BCUT2D eigenvalue weighted by atomic mass is 10.2. The molecule has 0 saturated carbocycles. The Kier molecular flexibility index (Phi) is 3.68. The average Bonchev–Trinajstić information content (AvgIpc) is 2.66. The van der Waals surface area contributed by atoms with E-state index in [1.165, 1.54) is 0 Å². The van der Waals surface area contributed by atoms with Crippen LogP contribution in [0, 0.1) is 0 Å². The summed E-state index contributed by atoms with van der Waals surface area (Å²) < 4.78 is 7.71. The monoisotopic (exact) mass is 247 g/mol. The number of para-hydroxylation sites is 1. The predicted molar refractivity (Wildman–Crippen MR) is 73.3 cm³/mol. The lowest BCUT2D eigenvalue weighted by Gasteiger charge is -2.19. The van der Waals surface area contributed by atoms with Crippen LogP contribution >= 0.6 is 0 Å². The van der Waals surface area contributed by atoms with Gasteiger partial charge in [-0.2, -0.15) is 5.10 Å². The third-order valence-corrected chi connectivity index (χ3v) is 2.77. The molecule has 0 amide bonds. The highest BCUT2D eigenvalue weighted by Gasteiger charge is 2.12. The molecular weight excluding hydrogens is 226 g/mol. The first kappa shape index (κ1) is 13.1. The Labute approximate surface area is 108 Å². The van der Waals surface area contributed by atoms with E-state index in [0.717, 1.165) is 23.1 Å². The van der Waals surface area contributed by atoms with Crippen LogP contribution in [0.3, 0.4) is 0 Å². The lowest BCUT2D eigenvalue weighted by molar-refractivity contribution is -0.00752. The second kappa shape index (κ2) is 5.08. The summed E-state index contributed by atoms with van der Waals surface area (Å²) in [7, 11) is 0. The standard InChI is InChI=1S/C14H21N3O/c1-14(2,3)18-9-8-17-13-7-5-4-6-11(13)12(10-15)16-17/h4-7H,8-10,15H2,1-3H3. The van der Waals surface area contributed by atoms with Crippen LogP contribution in [0.4, 0.5) is 0 Å². The molecule has 2 N–H and O–H groups in total. The second-order valence-electron chi connectivity index (χ2n) is 5.35. The van der Waals surface area contributed by atoms with Gasteiger partial charge < -0.3 is 10.5 Å². The molecule has 0 unspecified atom stereocenters. The van der Waals surface area contributed by atoms with Crippen LogP contribution < -0.4 is 5.73 Å². The van der Waals surface area contributed by atoms with Crippen molar-refractivity contribution < 1.29 is 4.74 Å². The molecule has 0 aliphatic carbocycles. The van der Waals surface area contributed by atoms with E-state index in [1.807, 2.05) is 16.8 Å². The van der Waals surface area contributed by atoms with Crippen LogP contribution in [0.5, 0.6) is 0 Å². The molecule has 0 aliphatic heterocycles. The van der Waals surface area contributed by atoms with Gasteiger partial charge in [0.25, 0.3) is 0 Å². The maximum atomic E-state index is 5.73. The molecule has 4 nitrogen and oxygen atoms in total. The Balaban J connectivity index is 2.18. The molecule has 1 aromatic carbocycles. The normalized spacial score (nSPS) is 12.2. The average molecular weight is 247 g/mol. The third-order valence-electron chi connectivity index (χ3n) is 2.77. The highest BCUT2D eigenvalue weighted by atomic mass is 16.5. The van der Waals surface area contributed by atoms with E-state index in [4.69, 9.17) is 10.5 Å². The number of aromatic nitrogens is 2. The van der Waals surface area contributed by atoms with Crippen molar-refractivity contribution >= 4 is 10.9 Å². The van der Waals surface area contributed by atoms with E-state index in [2.05, 4.69) is 38.0 Å². The molecule has 18 heavy (non-hydrogen) atoms. The zero-order chi connectivity index (χ0) is 13.2. The van der Waals surface area contributed by atoms with Gasteiger partial charge in [-0.1, -0.05) is 18.2 Å². The van der Waals surface area contributed by atoms with Crippen LogP contribution in [0.25, 0.3) is 10.9 Å². The highest BCUT2D eigenvalue weighted by Crippen LogP contribution is 2.18. The molecule has 0 fully saturated rings. The molecule has 0 radical (unpaired) electrons. The van der Waals surface area contributed by atoms with Crippen LogP contribution in [0.15, 0.2) is 24.3 Å². The summed E-state index contributed by atoms with van der Waals surface area (Å²) in [4.78, 5) is 0. The number of hydrogen-bond donors (Lipinski definition) is 1. The third kappa shape index (κ3) is 2.89. The Morgan fingerprint density at radius 3 is 2.67 bits per heavy atom. The molecule has 1 aromatic heterocycles. The Morgan fingerprint density at radius 2 is 2.00 bits per heavy atom. The first-order valence-electron chi connectivity index (χ1n) is 6.30. The zero-order valence-corrected chi connectivity index (χ0v) is 11.3. The van der Waals surface area contributed by atoms with Crippen molar-refractivity contribution in [2.75, 3.05) is 6.61 Å². The van der Waals surface area contributed by atoms with Gasteiger partial charge in [-0.05, 0) is 26.8 Å². The summed E-state index contributed by atoms with van der Waals surface area (Å²) in [6.07, 6.45) is 0. The summed E-state index contributed by atoms with van der Waals surface area (Å²) in [5.74, 6) is 0. The van der Waals surface area contributed by atoms with Crippen LogP contribution in [-0.4, -0.2) is 22.0 Å². The molecule has 0 bridgehead atoms. The number of ether oxygens (including phenoxy) is 1. The number of benzene rings is 1. The maximum Gasteiger partial charge on any atom is 0.0839 e. The number of fused-ring (bicyclic) bond motifs is 1. The van der Waals surface area contributed by atoms with Crippen LogP contribution in [-0.2, 0) is 17.8 Å². The minimum atomic E-state index is -0.111. The highest BCUT2D eigenvalue weighted by molar-refractivity contribution is 5.81. The SMILES string of the molecule is CC(C)(C)OCCn1nc(CN)c2ccccc21. The maximum absolute atomic E-state index is 5.73. The molecule has 1 heterocycles. The van der Waals surface area contributed by atoms with E-state index in [9.17, 15) is 0 Å². The summed E-state index contributed by atoms with van der Waals surface area (Å²) in [6, 6.07) is 8.16. The minimum absolute atomic E-state index is 0.111. The van der Waals surface area contributed by atoms with Gasteiger partial charge >= 0.3 is 0 Å². The Morgan fingerprint density at radius 1 is 1.28 bits per heavy atom. The quantitative estimate of drug-likeness (QED) is 0.902. The largest absolute Gasteiger partial charge is 0.374 e. The van der Waals surface area contributed by atoms with E-state index in [-0.39, 0.29) is 5.60 Å². The second-order valence-corrected chi connectivity index (χ2v) is 5.35. The van der Waals surface area contributed by atoms with E-state index in [1.54, 1.807) is 0 Å². The first-order valence-corrected chi connectivity index (χ1v) is 6.30. The fourth-order valence-corrected chi connectivity index (χ4v) is 1.96. The molecule has 98 valence electrons. The summed E-state index contributed by atoms with van der Waals surface area (Å²) in [5, 5.41) is 5.67. The number of hydrogen-bond acceptors (Lipinski definition) is 3. The molecule has 0 atom stereocenters. The lowest BCUT2D eigenvalue weighted by Crippen LogP contribution is -2.22. The minimum Gasteiger partial charge on any atom is -0.374 e. The smallest absolute Gasteiger partial charge is 0.0839 e. The van der Waals surface area contributed by atoms with Crippen molar-refractivity contribution in [3.8, 4) is 0 Å². The Bertz CT molecular complexity index is 525. The number of nitrogens with zero attached hydrogens (tertiary/aromatic N) is 2. The molecule has 2 aromatic rings. The van der Waals surface area contributed by atoms with Crippen LogP contribution in [0.2, 0.25) is 0 Å². The van der Waals surface area contributed by atoms with Gasteiger partial charge in [0.15, 0.2) is 0 Å². The van der Waals surface area contributed by atoms with Gasteiger partial charge in [0.1, 0.15) is 0 Å². The number of nitrogens with two attached hydrogens (primary N) is 1. The molecule has 2 rings (SSSR count). The van der Waals surface area contributed by atoms with Gasteiger partial charge in [-0.3, -0.25) is 4.68 Å². The van der Waals surface area contributed by atoms with Crippen molar-refractivity contribution in [3.05, 3.63) is 30.0 Å². The molecular formula is C14H21N3O. The fourth-order valence-electron chi connectivity index (χ4n) is 1.96. The topological polar surface area (TPSA) is 53.1 Å². The molecule has 0 aliphatic rings. The van der Waals surface area contributed by atoms with Crippen LogP contribution in [0.1, 0.15) is 26.5 Å². The van der Waals surface area contributed by atoms with Gasteiger partial charge in [-0.15, -0.1) is 0 Å². The van der Waals surface area contributed by atoms with Gasteiger partial charge in [0, 0.05) is 11.9 Å². The van der Waals surface area contributed by atoms with Gasteiger partial charge in [0.2, 0.25) is 0 Å². The predicted octanol–water partition coefficient (Wildman–Crippen LogP) is 2.31. The van der Waals surface area contributed by atoms with Crippen molar-refractivity contribution in [2.24, 2.45) is 5.73 Å². The molecule has 0 spiro atoms. The van der Waals surface area contributed by atoms with E-state index < -0.39 is 0 Å². The van der Waals surface area contributed by atoms with Crippen molar-refractivity contribution in [3.63, 3.8) is 0 Å². The zero-order valence-electron chi connectivity index (χ0n) is 11.3. The number of rotatable bonds is 4. The summed E-state index contributed by atoms with van der Waals surface area (Å²) in [6.45, 7) is 8.03. The van der Waals surface area contributed by atoms with E-state index >= 15 is 0 Å². The molecule has 4 heteroatoms. The van der Waals surface area contributed by atoms with Gasteiger partial charge in [0.05, 0.1) is 30.0 Å². The first-order chi connectivity index (χ1) is 8.51. The summed E-state index contributed by atoms with van der Waals surface area (Å²) in [5.41, 5.74) is 7.68. The van der Waals surface area contributed by atoms with E-state index in [0.29, 0.717) is 13.2 Å². The van der Waals surface area contributed by atoms with Crippen molar-refractivity contribution in [1.82, 2.24) is 9.78 Å². The Hall–Kier alpha value is -1.39. The summed E-state index contributed by atoms with van der Waals surface area (Å²) >= 11 is 0. The van der Waals surface area contributed by atoms with Gasteiger partial charge in [-0.25, -0.2) is 0 Å². The van der Waals surface area contributed by atoms with Crippen molar-refractivity contribution in [1.29, 1.82) is 0 Å². The molecule has 0 saturated heterocycles. The van der Waals surface area contributed by atoms with Crippen molar-refractivity contribution in [2.45, 2.75) is 39.5 Å².